The summed E-state index contributed by atoms with van der Waals surface area (Å²) < 4.78 is 2.11. The Bertz CT molecular complexity index is 1160. The smallest absolute Gasteiger partial charge is 0.258 e. The average Bonchev–Trinajstić information content (AvgIpc) is 3.01. The van der Waals surface area contributed by atoms with E-state index in [2.05, 4.69) is 33.0 Å². The van der Waals surface area contributed by atoms with Crippen LogP contribution >= 0.6 is 27.5 Å². The monoisotopic (exact) mass is 575 g/mol. The molecule has 1 atom stereocenters. The molecule has 3 heterocycles. The average molecular weight is 577 g/mol. The Labute approximate surface area is 225 Å². The molecule has 2 aliphatic heterocycles. The van der Waals surface area contributed by atoms with E-state index in [9.17, 15) is 14.8 Å². The fourth-order valence-corrected chi connectivity index (χ4v) is 6.68. The highest BCUT2D eigenvalue weighted by molar-refractivity contribution is 9.10. The second-order valence-electron chi connectivity index (χ2n) is 10.2. The lowest BCUT2D eigenvalue weighted by Gasteiger charge is -2.39. The fourth-order valence-electron chi connectivity index (χ4n) is 6.01. The number of fused-ring (bicyclic) bond motifs is 2. The van der Waals surface area contributed by atoms with Gasteiger partial charge in [-0.25, -0.2) is 0 Å². The molecule has 36 heavy (non-hydrogen) atoms. The van der Waals surface area contributed by atoms with Gasteiger partial charge >= 0.3 is 0 Å². The summed E-state index contributed by atoms with van der Waals surface area (Å²) in [6.07, 6.45) is 5.73. The number of carbonyl (C=O) groups excluding carboxylic acids is 2. The van der Waals surface area contributed by atoms with Gasteiger partial charge in [-0.15, -0.1) is 0 Å². The molecule has 1 aliphatic carbocycles. The van der Waals surface area contributed by atoms with Gasteiger partial charge in [0.1, 0.15) is 6.04 Å². The Morgan fingerprint density at radius 1 is 1.03 bits per heavy atom. The molecule has 1 unspecified atom stereocenters. The van der Waals surface area contributed by atoms with E-state index in [1.54, 1.807) is 13.1 Å². The first kappa shape index (κ1) is 25.5. The van der Waals surface area contributed by atoms with Crippen molar-refractivity contribution in [1.29, 1.82) is 0 Å². The van der Waals surface area contributed by atoms with E-state index < -0.39 is 0 Å². The minimum atomic E-state index is -0.110. The van der Waals surface area contributed by atoms with Gasteiger partial charge in [0.15, 0.2) is 0 Å². The first-order chi connectivity index (χ1) is 17.3. The van der Waals surface area contributed by atoms with Crippen molar-refractivity contribution in [2.24, 2.45) is 5.92 Å². The summed E-state index contributed by atoms with van der Waals surface area (Å²) in [5, 5.41) is 11.7. The number of nitrogens with zero attached hydrogens (tertiary/aromatic N) is 4. The van der Waals surface area contributed by atoms with Gasteiger partial charge in [-0.3, -0.25) is 19.7 Å². The lowest BCUT2D eigenvalue weighted by Crippen LogP contribution is -2.52. The summed E-state index contributed by atoms with van der Waals surface area (Å²) in [4.78, 5) is 30.9. The molecule has 192 valence electrons. The predicted octanol–water partition coefficient (Wildman–Crippen LogP) is 3.61. The van der Waals surface area contributed by atoms with Crippen LogP contribution < -0.4 is 4.73 Å². The molecule has 2 fully saturated rings. The van der Waals surface area contributed by atoms with Crippen molar-refractivity contribution in [2.75, 3.05) is 39.3 Å². The number of benzene rings is 1. The molecular formula is C27H33BrClN4O3+. The van der Waals surface area contributed by atoms with Crippen LogP contribution in [0.15, 0.2) is 34.9 Å². The van der Waals surface area contributed by atoms with Gasteiger partial charge in [0.25, 0.3) is 5.69 Å². The van der Waals surface area contributed by atoms with Crippen LogP contribution in [0, 0.1) is 5.92 Å². The number of piperidine rings is 1. The fraction of sp³-hybridized carbons (Fsp3) is 0.519. The second-order valence-corrected chi connectivity index (χ2v) is 11.6. The maximum absolute atomic E-state index is 13.1. The number of aryl methyl sites for hydroxylation is 2. The first-order valence-corrected chi connectivity index (χ1v) is 14.0. The number of amides is 2. The van der Waals surface area contributed by atoms with Crippen LogP contribution in [-0.4, -0.2) is 71.0 Å². The van der Waals surface area contributed by atoms with Crippen molar-refractivity contribution in [1.82, 2.24) is 14.7 Å². The van der Waals surface area contributed by atoms with E-state index >= 15 is 0 Å². The van der Waals surface area contributed by atoms with E-state index in [4.69, 9.17) is 11.6 Å². The summed E-state index contributed by atoms with van der Waals surface area (Å²) in [7, 11) is 0. The van der Waals surface area contributed by atoms with Crippen LogP contribution in [0.5, 0.6) is 0 Å². The molecule has 9 heteroatoms. The normalized spacial score (nSPS) is 21.0. The van der Waals surface area contributed by atoms with Crippen molar-refractivity contribution < 1.29 is 19.5 Å². The molecular weight excluding hydrogens is 544 g/mol. The lowest BCUT2D eigenvalue weighted by atomic mass is 9.92. The molecule has 2 saturated heterocycles. The van der Waals surface area contributed by atoms with E-state index in [1.165, 1.54) is 15.9 Å². The number of likely N-dealkylation sites (tertiary alicyclic amines) is 1. The maximum atomic E-state index is 13.1. The minimum Gasteiger partial charge on any atom is -0.343 e. The number of hydrogen-bond donors (Lipinski definition) is 1. The number of hydrogen-bond acceptors (Lipinski definition) is 4. The molecule has 1 aromatic heterocycles. The van der Waals surface area contributed by atoms with Gasteiger partial charge in [-0.1, -0.05) is 17.7 Å². The van der Waals surface area contributed by atoms with E-state index in [0.717, 1.165) is 72.6 Å². The standard InChI is InChI=1S/C27H33BrClN4O3/c1-18(34)30-8-6-19(7-9-30)14-25(35)31-10-12-32(13-11-31)27-24-5-4-23(29)16-20(24)2-3-21-15-22(28)17-33(36)26(21)27/h4-5,15-17,19,27,36H,2-3,6-14H2,1H3/q+1. The van der Waals surface area contributed by atoms with Crippen molar-refractivity contribution in [3.63, 3.8) is 0 Å². The number of piperazine rings is 1. The zero-order valence-electron chi connectivity index (χ0n) is 20.6. The molecule has 2 amide bonds. The van der Waals surface area contributed by atoms with Crippen LogP contribution in [0.2, 0.25) is 5.02 Å². The van der Waals surface area contributed by atoms with E-state index in [1.807, 2.05) is 21.9 Å². The zero-order valence-corrected chi connectivity index (χ0v) is 23.0. The third-order valence-corrected chi connectivity index (χ3v) is 8.68. The molecule has 0 bridgehead atoms. The number of rotatable bonds is 3. The number of aromatic nitrogens is 1. The quantitative estimate of drug-likeness (QED) is 0.448. The van der Waals surface area contributed by atoms with Crippen LogP contribution in [0.4, 0.5) is 0 Å². The molecule has 3 aliphatic rings. The highest BCUT2D eigenvalue weighted by Crippen LogP contribution is 2.37. The molecule has 0 radical (unpaired) electrons. The Morgan fingerprint density at radius 3 is 2.42 bits per heavy atom. The van der Waals surface area contributed by atoms with Crippen LogP contribution in [0.25, 0.3) is 0 Å². The van der Waals surface area contributed by atoms with Gasteiger partial charge in [0.05, 0.1) is 4.47 Å². The summed E-state index contributed by atoms with van der Waals surface area (Å²) >= 11 is 9.87. The van der Waals surface area contributed by atoms with Crippen molar-refractivity contribution in [3.05, 3.63) is 62.3 Å². The number of halogens is 2. The second kappa shape index (κ2) is 10.7. The van der Waals surface area contributed by atoms with Gasteiger partial charge in [0, 0.05) is 67.9 Å². The van der Waals surface area contributed by atoms with Crippen LogP contribution in [0.1, 0.15) is 54.6 Å². The van der Waals surface area contributed by atoms with Crippen molar-refractivity contribution >= 4 is 39.3 Å². The molecule has 5 rings (SSSR count). The highest BCUT2D eigenvalue weighted by Gasteiger charge is 2.39. The molecule has 0 saturated carbocycles. The SMILES string of the molecule is CC(=O)N1CCC(CC(=O)N2CCN(C3c4ccc(Cl)cc4CCc4cc(Br)c[n+](O)c43)CC2)CC1. The number of carbonyl (C=O) groups is 2. The Kier molecular flexibility index (Phi) is 7.56. The predicted molar refractivity (Wildman–Crippen MR) is 140 cm³/mol. The van der Waals surface area contributed by atoms with Gasteiger partial charge in [-0.2, -0.15) is 0 Å². The summed E-state index contributed by atoms with van der Waals surface area (Å²) in [5.41, 5.74) is 4.37. The third kappa shape index (κ3) is 5.27. The van der Waals surface area contributed by atoms with Gasteiger partial charge in [0.2, 0.25) is 18.0 Å². The van der Waals surface area contributed by atoms with Crippen molar-refractivity contribution in [3.8, 4) is 0 Å². The summed E-state index contributed by atoms with van der Waals surface area (Å²) in [5.74, 6) is 0.685. The largest absolute Gasteiger partial charge is 0.343 e. The van der Waals surface area contributed by atoms with Crippen LogP contribution in [0.3, 0.4) is 0 Å². The number of pyridine rings is 1. The molecule has 1 aromatic carbocycles. The van der Waals surface area contributed by atoms with Crippen LogP contribution in [-0.2, 0) is 22.4 Å². The highest BCUT2D eigenvalue weighted by atomic mass is 79.9. The van der Waals surface area contributed by atoms with Gasteiger partial charge < -0.3 is 9.80 Å². The Hall–Kier alpha value is -2.16. The molecule has 1 N–H and O–H groups in total. The Morgan fingerprint density at radius 2 is 1.72 bits per heavy atom. The summed E-state index contributed by atoms with van der Waals surface area (Å²) in [6, 6.07) is 8.05. The van der Waals surface area contributed by atoms with Crippen molar-refractivity contribution in [2.45, 2.75) is 45.1 Å². The lowest BCUT2D eigenvalue weighted by molar-refractivity contribution is -0.911. The summed E-state index contributed by atoms with van der Waals surface area (Å²) in [6.45, 7) is 5.92. The third-order valence-electron chi connectivity index (χ3n) is 8.01. The molecule has 0 spiro atoms. The zero-order chi connectivity index (χ0) is 25.4. The molecule has 7 nitrogen and oxygen atoms in total. The maximum Gasteiger partial charge on any atom is 0.258 e. The Balaban J connectivity index is 1.31. The van der Waals surface area contributed by atoms with Gasteiger partial charge in [-0.05, 0) is 76.9 Å². The van der Waals surface area contributed by atoms with E-state index in [-0.39, 0.29) is 17.9 Å². The van der Waals surface area contributed by atoms with E-state index in [0.29, 0.717) is 25.4 Å². The topological polar surface area (TPSA) is 68.0 Å². The molecule has 2 aromatic rings. The minimum absolute atomic E-state index is 0.110. The first-order valence-electron chi connectivity index (χ1n) is 12.8.